The number of imide groups is 1. The molecule has 0 aromatic heterocycles. The van der Waals surface area contributed by atoms with Crippen LogP contribution in [0.3, 0.4) is 0 Å². The summed E-state index contributed by atoms with van der Waals surface area (Å²) in [5.74, 6) is -3.47. The van der Waals surface area contributed by atoms with Gasteiger partial charge in [0, 0.05) is 12.0 Å². The Balaban J connectivity index is 1.43. The molecule has 2 N–H and O–H groups in total. The average Bonchev–Trinajstić information content (AvgIpc) is 3.15. The molecule has 1 aliphatic rings. The number of carbonyl (C=O) groups is 5. The highest BCUT2D eigenvalue weighted by molar-refractivity contribution is 6.22. The van der Waals surface area contributed by atoms with Gasteiger partial charge in [-0.3, -0.25) is 34.9 Å². The van der Waals surface area contributed by atoms with E-state index in [0.29, 0.717) is 11.1 Å². The molecule has 9 heteroatoms. The Hall–Kier alpha value is -4.79. The first kappa shape index (κ1) is 23.4. The van der Waals surface area contributed by atoms with Crippen molar-refractivity contribution in [3.8, 4) is 0 Å². The van der Waals surface area contributed by atoms with E-state index in [1.54, 1.807) is 72.8 Å². The molecule has 0 fully saturated rings. The fourth-order valence-electron chi connectivity index (χ4n) is 3.67. The van der Waals surface area contributed by atoms with Crippen LogP contribution >= 0.6 is 0 Å². The van der Waals surface area contributed by atoms with Crippen LogP contribution in [0, 0.1) is 0 Å². The van der Waals surface area contributed by atoms with Crippen LogP contribution in [0.4, 0.5) is 0 Å². The van der Waals surface area contributed by atoms with E-state index in [-0.39, 0.29) is 17.5 Å². The summed E-state index contributed by atoms with van der Waals surface area (Å²) in [6.45, 7) is -0.720. The number of hydrogen-bond acceptors (Lipinski definition) is 6. The summed E-state index contributed by atoms with van der Waals surface area (Å²) in [6.07, 6.45) is 0.0114. The zero-order valence-corrected chi connectivity index (χ0v) is 18.5. The zero-order valence-electron chi connectivity index (χ0n) is 18.5. The number of hydrogen-bond donors (Lipinski definition) is 2. The molecule has 35 heavy (non-hydrogen) atoms. The van der Waals surface area contributed by atoms with Crippen LogP contribution in [0.25, 0.3) is 0 Å². The monoisotopic (exact) mass is 471 g/mol. The molecule has 3 aromatic carbocycles. The van der Waals surface area contributed by atoms with Gasteiger partial charge in [0.1, 0.15) is 6.04 Å². The average molecular weight is 471 g/mol. The van der Waals surface area contributed by atoms with Crippen LogP contribution in [0.15, 0.2) is 84.9 Å². The Morgan fingerprint density at radius 2 is 1.29 bits per heavy atom. The zero-order chi connectivity index (χ0) is 24.8. The molecular weight excluding hydrogens is 450 g/mol. The SMILES string of the molecule is O=C(COC(=O)[C@@H](Cc1ccccc1)N1C(=O)c2ccccc2C1=O)NNC(=O)c1ccccc1. The summed E-state index contributed by atoms with van der Waals surface area (Å²) in [5, 5.41) is 0. The van der Waals surface area contributed by atoms with Crippen molar-refractivity contribution in [2.45, 2.75) is 12.5 Å². The number of esters is 1. The standard InChI is InChI=1S/C26H21N3O6/c30-22(27-28-23(31)18-11-5-2-6-12-18)16-35-26(34)21(15-17-9-3-1-4-10-17)29-24(32)19-13-7-8-14-20(19)25(29)33/h1-14,21H,15-16H2,(H,27,30)(H,28,31)/t21-/m1/s1. The van der Waals surface area contributed by atoms with Gasteiger partial charge >= 0.3 is 5.97 Å². The highest BCUT2D eigenvalue weighted by Crippen LogP contribution is 2.26. The summed E-state index contributed by atoms with van der Waals surface area (Å²) in [4.78, 5) is 64.0. The predicted octanol–water partition coefficient (Wildman–Crippen LogP) is 1.90. The molecule has 0 aliphatic carbocycles. The molecule has 3 aromatic rings. The smallest absolute Gasteiger partial charge is 0.330 e. The Bertz CT molecular complexity index is 1240. The van der Waals surface area contributed by atoms with Crippen molar-refractivity contribution < 1.29 is 28.7 Å². The van der Waals surface area contributed by atoms with Gasteiger partial charge in [-0.2, -0.15) is 0 Å². The number of hydrazine groups is 1. The van der Waals surface area contributed by atoms with Crippen molar-refractivity contribution in [3.05, 3.63) is 107 Å². The van der Waals surface area contributed by atoms with E-state index in [1.807, 2.05) is 0 Å². The van der Waals surface area contributed by atoms with Crippen LogP contribution in [0.5, 0.6) is 0 Å². The normalized spacial score (nSPS) is 13.1. The van der Waals surface area contributed by atoms with E-state index >= 15 is 0 Å². The van der Waals surface area contributed by atoms with Crippen molar-refractivity contribution in [1.82, 2.24) is 15.8 Å². The van der Waals surface area contributed by atoms with Gasteiger partial charge in [0.25, 0.3) is 23.6 Å². The molecule has 176 valence electrons. The Kier molecular flexibility index (Phi) is 6.96. The molecule has 1 heterocycles. The van der Waals surface area contributed by atoms with Gasteiger partial charge in [-0.1, -0.05) is 60.7 Å². The number of carbonyl (C=O) groups excluding carboxylic acids is 5. The number of amides is 4. The molecule has 0 unspecified atom stereocenters. The van der Waals surface area contributed by atoms with Crippen molar-refractivity contribution in [1.29, 1.82) is 0 Å². The summed E-state index contributed by atoms with van der Waals surface area (Å²) in [6, 6.07) is 22.1. The molecular formula is C26H21N3O6. The van der Waals surface area contributed by atoms with Crippen LogP contribution in [0.1, 0.15) is 36.6 Å². The third kappa shape index (κ3) is 5.25. The third-order valence-electron chi connectivity index (χ3n) is 5.38. The lowest BCUT2D eigenvalue weighted by Crippen LogP contribution is -2.48. The maximum absolute atomic E-state index is 13.0. The largest absolute Gasteiger partial charge is 0.454 e. The number of ether oxygens (including phenoxy) is 1. The second-order valence-electron chi connectivity index (χ2n) is 7.71. The Labute approximate surface area is 200 Å². The van der Waals surface area contributed by atoms with Gasteiger partial charge in [-0.15, -0.1) is 0 Å². The topological polar surface area (TPSA) is 122 Å². The molecule has 4 amide bonds. The van der Waals surface area contributed by atoms with Crippen LogP contribution in [-0.4, -0.2) is 47.1 Å². The van der Waals surface area contributed by atoms with Crippen molar-refractivity contribution in [3.63, 3.8) is 0 Å². The molecule has 1 atom stereocenters. The third-order valence-corrected chi connectivity index (χ3v) is 5.38. The minimum absolute atomic E-state index is 0.0114. The van der Waals surface area contributed by atoms with E-state index in [9.17, 15) is 24.0 Å². The Morgan fingerprint density at radius 3 is 1.89 bits per heavy atom. The summed E-state index contributed by atoms with van der Waals surface area (Å²) in [7, 11) is 0. The number of rotatable bonds is 7. The van der Waals surface area contributed by atoms with Crippen molar-refractivity contribution in [2.75, 3.05) is 6.61 Å². The van der Waals surface area contributed by atoms with Gasteiger partial charge in [-0.05, 0) is 29.8 Å². The second-order valence-corrected chi connectivity index (χ2v) is 7.71. The van der Waals surface area contributed by atoms with Crippen molar-refractivity contribution in [2.24, 2.45) is 0 Å². The quantitative estimate of drug-likeness (QED) is 0.308. The van der Waals surface area contributed by atoms with Crippen LogP contribution < -0.4 is 10.9 Å². The lowest BCUT2D eigenvalue weighted by atomic mass is 10.0. The minimum Gasteiger partial charge on any atom is -0.454 e. The van der Waals surface area contributed by atoms with E-state index in [0.717, 1.165) is 4.90 Å². The number of nitrogens with zero attached hydrogens (tertiary/aromatic N) is 1. The van der Waals surface area contributed by atoms with E-state index in [4.69, 9.17) is 4.74 Å². The van der Waals surface area contributed by atoms with Crippen LogP contribution in [-0.2, 0) is 20.7 Å². The highest BCUT2D eigenvalue weighted by atomic mass is 16.5. The molecule has 4 rings (SSSR count). The molecule has 0 bridgehead atoms. The van der Waals surface area contributed by atoms with Gasteiger partial charge in [0.15, 0.2) is 6.61 Å². The second kappa shape index (κ2) is 10.4. The predicted molar refractivity (Wildman–Crippen MR) is 124 cm³/mol. The first-order valence-corrected chi connectivity index (χ1v) is 10.8. The number of fused-ring (bicyclic) bond motifs is 1. The van der Waals surface area contributed by atoms with Gasteiger partial charge in [0.05, 0.1) is 11.1 Å². The lowest BCUT2D eigenvalue weighted by molar-refractivity contribution is -0.152. The fraction of sp³-hybridized carbons (Fsp3) is 0.115. The highest BCUT2D eigenvalue weighted by Gasteiger charge is 2.43. The van der Waals surface area contributed by atoms with E-state index < -0.39 is 42.2 Å². The number of benzene rings is 3. The first-order valence-electron chi connectivity index (χ1n) is 10.8. The van der Waals surface area contributed by atoms with E-state index in [2.05, 4.69) is 10.9 Å². The van der Waals surface area contributed by atoms with Gasteiger partial charge in [-0.25, -0.2) is 4.79 Å². The lowest BCUT2D eigenvalue weighted by Gasteiger charge is -2.24. The minimum atomic E-state index is -1.28. The maximum atomic E-state index is 13.0. The van der Waals surface area contributed by atoms with E-state index in [1.165, 1.54) is 12.1 Å². The van der Waals surface area contributed by atoms with Crippen molar-refractivity contribution >= 4 is 29.6 Å². The van der Waals surface area contributed by atoms with Crippen LogP contribution in [0.2, 0.25) is 0 Å². The molecule has 0 radical (unpaired) electrons. The number of nitrogens with one attached hydrogen (secondary N) is 2. The Morgan fingerprint density at radius 1 is 0.743 bits per heavy atom. The summed E-state index contributed by atoms with van der Waals surface area (Å²) in [5.41, 5.74) is 5.82. The van der Waals surface area contributed by atoms with Gasteiger partial charge in [0.2, 0.25) is 0 Å². The molecule has 0 saturated heterocycles. The molecule has 0 spiro atoms. The molecule has 0 saturated carbocycles. The molecule has 9 nitrogen and oxygen atoms in total. The fourth-order valence-corrected chi connectivity index (χ4v) is 3.67. The summed E-state index contributed by atoms with van der Waals surface area (Å²) >= 11 is 0. The first-order chi connectivity index (χ1) is 17.0. The maximum Gasteiger partial charge on any atom is 0.330 e. The molecule has 1 aliphatic heterocycles. The van der Waals surface area contributed by atoms with Gasteiger partial charge < -0.3 is 4.74 Å². The summed E-state index contributed by atoms with van der Waals surface area (Å²) < 4.78 is 5.14.